The molecule has 2 aromatic rings. The maximum Gasteiger partial charge on any atom is 0.268 e. The fourth-order valence-corrected chi connectivity index (χ4v) is 3.60. The van der Waals surface area contributed by atoms with E-state index in [2.05, 4.69) is 20.6 Å². The van der Waals surface area contributed by atoms with Crippen LogP contribution in [0.2, 0.25) is 0 Å². The third-order valence-electron chi connectivity index (χ3n) is 5.21. The predicted molar refractivity (Wildman–Crippen MR) is 106 cm³/mol. The molecule has 0 radical (unpaired) electrons. The van der Waals surface area contributed by atoms with E-state index >= 15 is 0 Å². The Kier molecular flexibility index (Phi) is 5.39. The molecule has 2 amide bonds. The van der Waals surface area contributed by atoms with Gasteiger partial charge in [-0.1, -0.05) is 12.1 Å². The van der Waals surface area contributed by atoms with Crippen LogP contribution in [0.1, 0.15) is 24.8 Å². The van der Waals surface area contributed by atoms with Crippen LogP contribution in [0.25, 0.3) is 0 Å². The summed E-state index contributed by atoms with van der Waals surface area (Å²) < 4.78 is 29.0. The highest BCUT2D eigenvalue weighted by Gasteiger charge is 2.30. The Labute approximate surface area is 171 Å². The molecule has 2 aliphatic heterocycles. The maximum atomic E-state index is 13.9. The van der Waals surface area contributed by atoms with Crippen molar-refractivity contribution in [3.63, 3.8) is 0 Å². The highest BCUT2D eigenvalue weighted by atomic mass is 19.2. The van der Waals surface area contributed by atoms with E-state index in [4.69, 9.17) is 0 Å². The number of halogens is 2. The number of benzene rings is 1. The number of aryl methyl sites for hydroxylation is 1. The van der Waals surface area contributed by atoms with Gasteiger partial charge in [0.15, 0.2) is 11.6 Å². The van der Waals surface area contributed by atoms with Gasteiger partial charge in [0.1, 0.15) is 17.6 Å². The Morgan fingerprint density at radius 3 is 2.93 bits per heavy atom. The molecule has 1 aromatic carbocycles. The van der Waals surface area contributed by atoms with Crippen LogP contribution in [0.3, 0.4) is 0 Å². The Morgan fingerprint density at radius 1 is 1.27 bits per heavy atom. The molecule has 1 aromatic heterocycles. The summed E-state index contributed by atoms with van der Waals surface area (Å²) in [6.07, 6.45) is 2.94. The quantitative estimate of drug-likeness (QED) is 0.828. The minimum atomic E-state index is -0.932. The first-order chi connectivity index (χ1) is 14.4. The third-order valence-corrected chi connectivity index (χ3v) is 5.21. The number of anilines is 1. The van der Waals surface area contributed by atoms with Gasteiger partial charge < -0.3 is 5.32 Å². The van der Waals surface area contributed by atoms with Crippen molar-refractivity contribution in [2.75, 3.05) is 11.9 Å². The van der Waals surface area contributed by atoms with Gasteiger partial charge in [0, 0.05) is 32.5 Å². The van der Waals surface area contributed by atoms with E-state index in [1.165, 1.54) is 17.0 Å². The van der Waals surface area contributed by atoms with Crippen molar-refractivity contribution < 1.29 is 18.4 Å². The number of aromatic nitrogens is 2. The monoisotopic (exact) mass is 414 g/mol. The van der Waals surface area contributed by atoms with Gasteiger partial charge in [0.05, 0.1) is 11.9 Å². The fraction of sp³-hybridized carbons (Fsp3) is 0.350. The fourth-order valence-electron chi connectivity index (χ4n) is 3.60. The summed E-state index contributed by atoms with van der Waals surface area (Å²) in [5, 5.41) is 14.8. The molecule has 4 rings (SSSR count). The summed E-state index contributed by atoms with van der Waals surface area (Å²) >= 11 is 0. The second-order valence-corrected chi connectivity index (χ2v) is 7.26. The lowest BCUT2D eigenvalue weighted by atomic mass is 10.0. The topological polar surface area (TPSA) is 92.0 Å². The van der Waals surface area contributed by atoms with Gasteiger partial charge in [0.2, 0.25) is 5.91 Å². The zero-order valence-corrected chi connectivity index (χ0v) is 16.3. The molecular formula is C20H20F2N6O2. The highest BCUT2D eigenvalue weighted by Crippen LogP contribution is 2.19. The van der Waals surface area contributed by atoms with E-state index in [9.17, 15) is 18.4 Å². The summed E-state index contributed by atoms with van der Waals surface area (Å²) in [5.74, 6) is -1.93. The van der Waals surface area contributed by atoms with E-state index in [-0.39, 0.29) is 30.0 Å². The van der Waals surface area contributed by atoms with Gasteiger partial charge in [-0.25, -0.2) is 13.5 Å². The number of hydrogen-bond acceptors (Lipinski definition) is 5. The number of nitrogens with zero attached hydrogens (tertiary/aromatic N) is 5. The molecule has 0 fully saturated rings. The lowest BCUT2D eigenvalue weighted by molar-refractivity contribution is -0.124. The smallest absolute Gasteiger partial charge is 0.268 e. The molecule has 1 atom stereocenters. The van der Waals surface area contributed by atoms with Crippen LogP contribution in [0.15, 0.2) is 40.7 Å². The Bertz CT molecular complexity index is 1060. The van der Waals surface area contributed by atoms with Crippen LogP contribution in [0.4, 0.5) is 14.6 Å². The average Bonchev–Trinajstić information content (AvgIpc) is 3.38. The Hall–Kier alpha value is -3.43. The number of carbonyl (C=O) groups excluding carboxylic acids is 2. The molecule has 0 saturated heterocycles. The maximum absolute atomic E-state index is 13.9. The standard InChI is InChI=1S/C20H20F2N6O2/c1-27-17-7-8-23-28(17)9-3-6-15(20(27)30)24-19(29)16-11-13(25-26-16)10-12-4-2-5-14(21)18(12)22/h2,4-5,7-8,15H,3,6,9-11H2,1H3,(H,24,29)/t15-/m0/s1. The van der Waals surface area contributed by atoms with Crippen molar-refractivity contribution in [3.05, 3.63) is 47.7 Å². The molecule has 2 aliphatic rings. The van der Waals surface area contributed by atoms with Crippen molar-refractivity contribution in [2.45, 2.75) is 38.3 Å². The van der Waals surface area contributed by atoms with E-state index in [0.29, 0.717) is 30.9 Å². The largest absolute Gasteiger partial charge is 0.339 e. The second kappa shape index (κ2) is 8.13. The summed E-state index contributed by atoms with van der Waals surface area (Å²) in [6, 6.07) is 4.97. The SMILES string of the molecule is CN1C(=O)[C@@H](NC(=O)C2=NN=C(Cc3cccc(F)c3F)C2)CCCn2nccc21. The van der Waals surface area contributed by atoms with Crippen LogP contribution < -0.4 is 10.2 Å². The van der Waals surface area contributed by atoms with Crippen LogP contribution in [0.5, 0.6) is 0 Å². The Balaban J connectivity index is 1.38. The zero-order chi connectivity index (χ0) is 21.3. The third kappa shape index (κ3) is 3.85. The lowest BCUT2D eigenvalue weighted by Crippen LogP contribution is -2.50. The number of nitrogens with one attached hydrogen (secondary N) is 1. The van der Waals surface area contributed by atoms with Crippen LogP contribution >= 0.6 is 0 Å². The summed E-state index contributed by atoms with van der Waals surface area (Å²) in [7, 11) is 1.64. The second-order valence-electron chi connectivity index (χ2n) is 7.26. The van der Waals surface area contributed by atoms with Gasteiger partial charge in [-0.3, -0.25) is 14.5 Å². The zero-order valence-electron chi connectivity index (χ0n) is 16.3. The normalized spacial score (nSPS) is 19.0. The van der Waals surface area contributed by atoms with Crippen molar-refractivity contribution in [3.8, 4) is 0 Å². The van der Waals surface area contributed by atoms with Crippen molar-refractivity contribution in [2.24, 2.45) is 10.2 Å². The molecule has 8 nitrogen and oxygen atoms in total. The lowest BCUT2D eigenvalue weighted by Gasteiger charge is -2.27. The molecular weight excluding hydrogens is 394 g/mol. The molecule has 10 heteroatoms. The molecule has 156 valence electrons. The molecule has 0 bridgehead atoms. The van der Waals surface area contributed by atoms with Crippen molar-refractivity contribution in [1.82, 2.24) is 15.1 Å². The predicted octanol–water partition coefficient (Wildman–Crippen LogP) is 1.85. The van der Waals surface area contributed by atoms with Crippen LogP contribution in [-0.4, -0.2) is 46.1 Å². The molecule has 0 aliphatic carbocycles. The van der Waals surface area contributed by atoms with Gasteiger partial charge in [-0.2, -0.15) is 10.2 Å². The van der Waals surface area contributed by atoms with E-state index < -0.39 is 23.6 Å². The minimum absolute atomic E-state index is 0.0545. The van der Waals surface area contributed by atoms with Gasteiger partial charge in [-0.05, 0) is 24.5 Å². The number of carbonyl (C=O) groups is 2. The highest BCUT2D eigenvalue weighted by molar-refractivity contribution is 6.43. The van der Waals surface area contributed by atoms with E-state index in [1.807, 2.05) is 0 Å². The number of amides is 2. The molecule has 30 heavy (non-hydrogen) atoms. The van der Waals surface area contributed by atoms with Crippen LogP contribution in [-0.2, 0) is 22.6 Å². The first kappa shape index (κ1) is 19.9. The van der Waals surface area contributed by atoms with Gasteiger partial charge in [-0.15, -0.1) is 5.10 Å². The first-order valence-electron chi connectivity index (χ1n) is 9.59. The molecule has 3 heterocycles. The summed E-state index contributed by atoms with van der Waals surface area (Å²) in [6.45, 7) is 0.639. The van der Waals surface area contributed by atoms with Crippen molar-refractivity contribution in [1.29, 1.82) is 0 Å². The number of rotatable bonds is 4. The molecule has 1 N–H and O–H groups in total. The Morgan fingerprint density at radius 2 is 2.10 bits per heavy atom. The minimum Gasteiger partial charge on any atom is -0.339 e. The molecule has 0 unspecified atom stereocenters. The molecule has 0 spiro atoms. The van der Waals surface area contributed by atoms with E-state index in [1.54, 1.807) is 24.0 Å². The first-order valence-corrected chi connectivity index (χ1v) is 9.59. The summed E-state index contributed by atoms with van der Waals surface area (Å²) in [4.78, 5) is 26.9. The number of fused-ring (bicyclic) bond motifs is 1. The van der Waals surface area contributed by atoms with E-state index in [0.717, 1.165) is 6.07 Å². The summed E-state index contributed by atoms with van der Waals surface area (Å²) in [5.41, 5.74) is 0.748. The number of hydrogen-bond donors (Lipinski definition) is 1. The average molecular weight is 414 g/mol. The molecule has 0 saturated carbocycles. The van der Waals surface area contributed by atoms with Crippen molar-refractivity contribution >= 4 is 29.1 Å². The van der Waals surface area contributed by atoms with Crippen LogP contribution in [0, 0.1) is 11.6 Å². The van der Waals surface area contributed by atoms with Gasteiger partial charge >= 0.3 is 0 Å². The number of likely N-dealkylation sites (N-methyl/N-ethyl adjacent to an activating group) is 1. The van der Waals surface area contributed by atoms with Gasteiger partial charge in [0.25, 0.3) is 5.91 Å².